The van der Waals surface area contributed by atoms with E-state index in [-0.39, 0.29) is 31.8 Å². The smallest absolute Gasteiger partial charge is 0.331 e. The predicted molar refractivity (Wildman–Crippen MR) is 174 cm³/mol. The molecule has 5 fully saturated rings. The number of nitrogens with one attached hydrogen (secondary N) is 2. The van der Waals surface area contributed by atoms with E-state index in [4.69, 9.17) is 4.74 Å². The highest BCUT2D eigenvalue weighted by Crippen LogP contribution is 2.79. The molecule has 1 heterocycles. The molecule has 7 rings (SSSR count). The lowest BCUT2D eigenvalue weighted by atomic mass is 9.35. The van der Waals surface area contributed by atoms with Crippen molar-refractivity contribution in [2.45, 2.75) is 108 Å². The zero-order valence-corrected chi connectivity index (χ0v) is 28.5. The summed E-state index contributed by atoms with van der Waals surface area (Å²) in [5.41, 5.74) is -6.93. The molecule has 10 nitrogen and oxygen atoms in total. The number of likely N-dealkylation sites (N-methyl/N-ethyl adjacent to an activating group) is 1. The molecule has 262 valence electrons. The van der Waals surface area contributed by atoms with Gasteiger partial charge in [-0.2, -0.15) is 0 Å². The number of carbonyl (C=O) groups excluding carboxylic acids is 2. The van der Waals surface area contributed by atoms with Crippen molar-refractivity contribution < 1.29 is 39.9 Å². The first-order chi connectivity index (χ1) is 22.2. The largest absolute Gasteiger partial charge is 0.450 e. The van der Waals surface area contributed by atoms with Crippen molar-refractivity contribution >= 4 is 12.3 Å². The zero-order valence-electron chi connectivity index (χ0n) is 28.5. The summed E-state index contributed by atoms with van der Waals surface area (Å²) < 4.78 is 5.87. The van der Waals surface area contributed by atoms with Gasteiger partial charge >= 0.3 is 5.97 Å². The van der Waals surface area contributed by atoms with Gasteiger partial charge in [0.2, 0.25) is 0 Å². The molecule has 7 aliphatic rings. The molecule has 0 bridgehead atoms. The lowest BCUT2D eigenvalue weighted by Crippen LogP contribution is -2.81. The predicted octanol–water partition coefficient (Wildman–Crippen LogP) is 1.63. The molecule has 0 saturated heterocycles. The van der Waals surface area contributed by atoms with E-state index in [1.165, 1.54) is 6.08 Å². The Morgan fingerprint density at radius 1 is 1.09 bits per heavy atom. The van der Waals surface area contributed by atoms with Crippen LogP contribution in [0.2, 0.25) is 0 Å². The quantitative estimate of drug-likeness (QED) is 0.0883. The summed E-state index contributed by atoms with van der Waals surface area (Å²) in [7, 11) is 1.88. The van der Waals surface area contributed by atoms with Crippen LogP contribution in [0.25, 0.3) is 0 Å². The molecule has 10 heteroatoms. The van der Waals surface area contributed by atoms with Gasteiger partial charge in [0.05, 0.1) is 29.3 Å². The van der Waals surface area contributed by atoms with Crippen LogP contribution in [-0.4, -0.2) is 100 Å². The standard InChI is InChI=1S/C37H56N2O8/c1-21(2)22-5-6-26-28(42)7-10-33(19-40)29-8-9-32(3)34(20-41)24(17-36(32,45)35(29,44)16-25(13-22)37(26,33)46)14-23(18-39-12-11-38-4)31-27(34)15-30(43)47-31/h14-15,19,21-22,24-26,28-29,31,38-39,41-42,44-46H,5-13,16-18,20H2,1-4H3/t22-,24+,25+,26+,28+,29-,31+,32-,33+,34-,35+,36-,37+/m1/s1. The van der Waals surface area contributed by atoms with Crippen molar-refractivity contribution in [3.05, 3.63) is 23.3 Å². The van der Waals surface area contributed by atoms with Gasteiger partial charge < -0.3 is 45.7 Å². The van der Waals surface area contributed by atoms with Gasteiger partial charge in [0.15, 0.2) is 0 Å². The fraction of sp³-hybridized carbons (Fsp3) is 0.838. The van der Waals surface area contributed by atoms with E-state index in [2.05, 4.69) is 30.6 Å². The molecule has 0 spiro atoms. The molecule has 0 amide bonds. The van der Waals surface area contributed by atoms with Crippen LogP contribution in [0.3, 0.4) is 0 Å². The molecule has 0 aromatic rings. The number of aldehydes is 1. The highest BCUT2D eigenvalue weighted by Gasteiger charge is 2.84. The van der Waals surface area contributed by atoms with Crippen molar-refractivity contribution in [3.63, 3.8) is 0 Å². The van der Waals surface area contributed by atoms with Gasteiger partial charge in [0.25, 0.3) is 0 Å². The molecule has 0 aromatic carbocycles. The Labute approximate surface area is 278 Å². The van der Waals surface area contributed by atoms with Crippen LogP contribution in [0, 0.1) is 51.8 Å². The fourth-order valence-corrected chi connectivity index (χ4v) is 13.1. The maximum Gasteiger partial charge on any atom is 0.331 e. The minimum Gasteiger partial charge on any atom is -0.450 e. The lowest BCUT2D eigenvalue weighted by Gasteiger charge is -2.72. The summed E-state index contributed by atoms with van der Waals surface area (Å²) in [5, 5.41) is 69.2. The molecular formula is C37H56N2O8. The van der Waals surface area contributed by atoms with Gasteiger partial charge in [0, 0.05) is 48.4 Å². The highest BCUT2D eigenvalue weighted by atomic mass is 16.5. The Morgan fingerprint density at radius 2 is 1.85 bits per heavy atom. The van der Waals surface area contributed by atoms with Crippen molar-refractivity contribution in [2.24, 2.45) is 51.8 Å². The van der Waals surface area contributed by atoms with Gasteiger partial charge in [-0.1, -0.05) is 26.8 Å². The number of carbonyl (C=O) groups is 2. The molecule has 47 heavy (non-hydrogen) atoms. The summed E-state index contributed by atoms with van der Waals surface area (Å²) in [6, 6.07) is 0. The highest BCUT2D eigenvalue weighted by molar-refractivity contribution is 5.87. The van der Waals surface area contributed by atoms with Crippen LogP contribution < -0.4 is 10.6 Å². The SMILES string of the molecule is CNCCNCC1=C[C@H]2C[C@@]3(O)[C@](C)(CC[C@H]4[C@@]3(O)C[C@@H]3C[C@H](C(C)C)CC[C@H]5[C@@H](O)CC[C@@]4(C=O)[C@]35O)[C@@]2(CO)C2=CC(=O)O[C@@H]12. The van der Waals surface area contributed by atoms with Crippen LogP contribution in [0.4, 0.5) is 0 Å². The number of esters is 1. The number of aliphatic hydroxyl groups is 5. The van der Waals surface area contributed by atoms with E-state index in [1.807, 2.05) is 14.0 Å². The number of hydrogen-bond donors (Lipinski definition) is 7. The molecule has 1 aliphatic heterocycles. The summed E-state index contributed by atoms with van der Waals surface area (Å²) in [5.74, 6) is -2.03. The van der Waals surface area contributed by atoms with E-state index in [0.717, 1.165) is 24.8 Å². The van der Waals surface area contributed by atoms with E-state index < -0.39 is 74.9 Å². The van der Waals surface area contributed by atoms with Crippen LogP contribution >= 0.6 is 0 Å². The number of rotatable bonds is 8. The van der Waals surface area contributed by atoms with Crippen LogP contribution in [-0.2, 0) is 14.3 Å². The monoisotopic (exact) mass is 656 g/mol. The average Bonchev–Trinajstić information content (AvgIpc) is 3.46. The van der Waals surface area contributed by atoms with Crippen molar-refractivity contribution in [1.29, 1.82) is 0 Å². The van der Waals surface area contributed by atoms with Gasteiger partial charge in [0.1, 0.15) is 18.0 Å². The van der Waals surface area contributed by atoms with Gasteiger partial charge in [-0.3, -0.25) is 0 Å². The lowest BCUT2D eigenvalue weighted by molar-refractivity contribution is -0.345. The summed E-state index contributed by atoms with van der Waals surface area (Å²) >= 11 is 0. The van der Waals surface area contributed by atoms with E-state index in [1.54, 1.807) is 0 Å². The minimum atomic E-state index is -1.76. The van der Waals surface area contributed by atoms with E-state index in [0.29, 0.717) is 56.7 Å². The Balaban J connectivity index is 1.37. The maximum atomic E-state index is 13.6. The number of aliphatic hydroxyl groups excluding tert-OH is 2. The normalized spacial score (nSPS) is 51.4. The second-order valence-electron chi connectivity index (χ2n) is 17.0. The number of fused-ring (bicyclic) bond motifs is 8. The Bertz CT molecular complexity index is 1370. The Morgan fingerprint density at radius 3 is 2.53 bits per heavy atom. The first-order valence-corrected chi connectivity index (χ1v) is 18.2. The van der Waals surface area contributed by atoms with Crippen molar-refractivity contribution in [3.8, 4) is 0 Å². The summed E-state index contributed by atoms with van der Waals surface area (Å²) in [6.07, 6.45) is 6.71. The Hall–Kier alpha value is -1.66. The van der Waals surface area contributed by atoms with Gasteiger partial charge in [-0.25, -0.2) is 4.79 Å². The topological polar surface area (TPSA) is 169 Å². The van der Waals surface area contributed by atoms with Crippen molar-refractivity contribution in [2.75, 3.05) is 33.3 Å². The first kappa shape index (κ1) is 33.8. The second kappa shape index (κ2) is 11.2. The van der Waals surface area contributed by atoms with Gasteiger partial charge in [-0.05, 0) is 99.7 Å². The third-order valence-electron chi connectivity index (χ3n) is 15.5. The first-order valence-electron chi connectivity index (χ1n) is 18.2. The molecule has 0 radical (unpaired) electrons. The van der Waals surface area contributed by atoms with Crippen LogP contribution in [0.5, 0.6) is 0 Å². The number of hydrogen-bond acceptors (Lipinski definition) is 10. The minimum absolute atomic E-state index is 0.108. The van der Waals surface area contributed by atoms with Crippen LogP contribution in [0.15, 0.2) is 23.3 Å². The molecule has 13 atom stereocenters. The molecule has 5 saturated carbocycles. The zero-order chi connectivity index (χ0) is 33.8. The molecule has 0 aromatic heterocycles. The Kier molecular flexibility index (Phi) is 8.04. The van der Waals surface area contributed by atoms with E-state index in [9.17, 15) is 35.1 Å². The molecule has 7 N–H and O–H groups in total. The summed E-state index contributed by atoms with van der Waals surface area (Å²) in [4.78, 5) is 26.6. The average molecular weight is 657 g/mol. The van der Waals surface area contributed by atoms with Crippen LogP contribution in [0.1, 0.15) is 78.6 Å². The van der Waals surface area contributed by atoms with E-state index >= 15 is 0 Å². The second-order valence-corrected chi connectivity index (χ2v) is 17.0. The van der Waals surface area contributed by atoms with Gasteiger partial charge in [-0.15, -0.1) is 0 Å². The maximum absolute atomic E-state index is 13.6. The third kappa shape index (κ3) is 3.98. The van der Waals surface area contributed by atoms with Crippen molar-refractivity contribution in [1.82, 2.24) is 10.6 Å². The fourth-order valence-electron chi connectivity index (χ4n) is 13.1. The molecular weight excluding hydrogens is 600 g/mol. The molecule has 6 aliphatic carbocycles. The number of ether oxygens (including phenoxy) is 1. The summed E-state index contributed by atoms with van der Waals surface area (Å²) in [6.45, 7) is 7.89. The number of allylic oxidation sites excluding steroid dienone is 1. The third-order valence-corrected chi connectivity index (χ3v) is 15.5. The molecule has 0 unspecified atom stereocenters.